The van der Waals surface area contributed by atoms with E-state index in [9.17, 15) is 0 Å². The number of nitrogens with two attached hydrogens (primary N) is 1. The molecule has 1 aromatic carbocycles. The first-order chi connectivity index (χ1) is 9.63. The quantitative estimate of drug-likeness (QED) is 0.711. The minimum Gasteiger partial charge on any atom is -0.398 e. The Morgan fingerprint density at radius 2 is 2.05 bits per heavy atom. The average molecular weight is 352 g/mol. The molecule has 2 N–H and O–H groups in total. The number of hydrogen-bond acceptors (Lipinski definition) is 5. The van der Waals surface area contributed by atoms with Crippen molar-refractivity contribution in [2.24, 2.45) is 0 Å². The average Bonchev–Trinajstić information content (AvgIpc) is 2.91. The van der Waals surface area contributed by atoms with Gasteiger partial charge in [-0.2, -0.15) is 4.98 Å². The molecule has 2 aromatic heterocycles. The summed E-state index contributed by atoms with van der Waals surface area (Å²) >= 11 is 9.30. The molecular formula is C13H8BrClN4O. The summed E-state index contributed by atoms with van der Waals surface area (Å²) in [5.74, 6) is 0.758. The Hall–Kier alpha value is -1.92. The maximum absolute atomic E-state index is 5.95. The lowest BCUT2D eigenvalue weighted by molar-refractivity contribution is 0.432. The number of nitrogen functional groups attached to an aromatic ring is 1. The van der Waals surface area contributed by atoms with Gasteiger partial charge < -0.3 is 10.3 Å². The van der Waals surface area contributed by atoms with Crippen LogP contribution in [-0.4, -0.2) is 15.1 Å². The molecule has 100 valence electrons. The second-order valence-electron chi connectivity index (χ2n) is 4.05. The molecule has 3 aromatic rings. The molecule has 0 atom stereocenters. The molecule has 0 amide bonds. The van der Waals surface area contributed by atoms with Gasteiger partial charge in [-0.05, 0) is 40.2 Å². The Balaban J connectivity index is 2.04. The smallest absolute Gasteiger partial charge is 0.260 e. The van der Waals surface area contributed by atoms with Gasteiger partial charge in [0.05, 0.1) is 5.56 Å². The van der Waals surface area contributed by atoms with Gasteiger partial charge in [-0.3, -0.25) is 4.98 Å². The Bertz CT molecular complexity index is 775. The van der Waals surface area contributed by atoms with E-state index < -0.39 is 0 Å². The Labute approximate surface area is 127 Å². The summed E-state index contributed by atoms with van der Waals surface area (Å²) in [5, 5.41) is 4.48. The Kier molecular flexibility index (Phi) is 3.42. The first-order valence-electron chi connectivity index (χ1n) is 5.63. The van der Waals surface area contributed by atoms with Gasteiger partial charge in [-0.1, -0.05) is 16.8 Å². The van der Waals surface area contributed by atoms with Crippen molar-refractivity contribution in [2.45, 2.75) is 0 Å². The summed E-state index contributed by atoms with van der Waals surface area (Å²) in [7, 11) is 0. The third-order valence-electron chi connectivity index (χ3n) is 2.63. The molecular weight excluding hydrogens is 344 g/mol. The maximum Gasteiger partial charge on any atom is 0.260 e. The molecule has 0 saturated carbocycles. The van der Waals surface area contributed by atoms with Crippen molar-refractivity contribution in [3.63, 3.8) is 0 Å². The standard InChI is InChI=1S/C13H8BrClN4O/c14-8-3-7(5-17-6-8)12-18-13(20-19-12)10-4-9(15)1-2-11(10)16/h1-6H,16H2. The second-order valence-corrected chi connectivity index (χ2v) is 5.40. The molecule has 0 unspecified atom stereocenters. The molecule has 0 aliphatic rings. The first kappa shape index (κ1) is 13.1. The fraction of sp³-hybridized carbons (Fsp3) is 0. The lowest BCUT2D eigenvalue weighted by Gasteiger charge is -2.00. The minimum atomic E-state index is 0.319. The predicted octanol–water partition coefficient (Wildman–Crippen LogP) is 3.80. The van der Waals surface area contributed by atoms with E-state index in [2.05, 4.69) is 31.1 Å². The number of benzene rings is 1. The fourth-order valence-corrected chi connectivity index (χ4v) is 2.23. The van der Waals surface area contributed by atoms with Crippen molar-refractivity contribution >= 4 is 33.2 Å². The third-order valence-corrected chi connectivity index (χ3v) is 3.30. The second kappa shape index (κ2) is 5.22. The van der Waals surface area contributed by atoms with Crippen molar-refractivity contribution < 1.29 is 4.52 Å². The molecule has 0 aliphatic heterocycles. The van der Waals surface area contributed by atoms with Crippen LogP contribution in [0.3, 0.4) is 0 Å². The summed E-state index contributed by atoms with van der Waals surface area (Å²) in [5.41, 5.74) is 7.77. The number of aromatic nitrogens is 3. The Morgan fingerprint density at radius 1 is 1.20 bits per heavy atom. The number of rotatable bonds is 2. The zero-order valence-electron chi connectivity index (χ0n) is 10.0. The highest BCUT2D eigenvalue weighted by atomic mass is 79.9. The molecule has 3 rings (SSSR count). The predicted molar refractivity (Wildman–Crippen MR) is 80.1 cm³/mol. The van der Waals surface area contributed by atoms with E-state index in [0.717, 1.165) is 10.0 Å². The summed E-state index contributed by atoms with van der Waals surface area (Å²) in [6.07, 6.45) is 3.33. The first-order valence-corrected chi connectivity index (χ1v) is 6.80. The number of anilines is 1. The van der Waals surface area contributed by atoms with Crippen LogP contribution < -0.4 is 5.73 Å². The van der Waals surface area contributed by atoms with Crippen molar-refractivity contribution in [1.29, 1.82) is 0 Å². The maximum atomic E-state index is 5.95. The van der Waals surface area contributed by atoms with E-state index in [4.69, 9.17) is 21.9 Å². The van der Waals surface area contributed by atoms with Gasteiger partial charge in [-0.15, -0.1) is 0 Å². The largest absolute Gasteiger partial charge is 0.398 e. The lowest BCUT2D eigenvalue weighted by atomic mass is 10.2. The van der Waals surface area contributed by atoms with E-state index in [1.54, 1.807) is 30.6 Å². The lowest BCUT2D eigenvalue weighted by Crippen LogP contribution is -1.90. The van der Waals surface area contributed by atoms with Crippen molar-refractivity contribution in [1.82, 2.24) is 15.1 Å². The molecule has 0 aliphatic carbocycles. The number of pyridine rings is 1. The van der Waals surface area contributed by atoms with Crippen LogP contribution in [-0.2, 0) is 0 Å². The number of hydrogen-bond donors (Lipinski definition) is 1. The zero-order chi connectivity index (χ0) is 14.1. The molecule has 7 heteroatoms. The van der Waals surface area contributed by atoms with E-state index in [-0.39, 0.29) is 0 Å². The molecule has 5 nitrogen and oxygen atoms in total. The monoisotopic (exact) mass is 350 g/mol. The normalized spacial score (nSPS) is 10.7. The molecule has 0 fully saturated rings. The van der Waals surface area contributed by atoms with E-state index in [1.165, 1.54) is 0 Å². The molecule has 0 saturated heterocycles. The van der Waals surface area contributed by atoms with Crippen molar-refractivity contribution in [2.75, 3.05) is 5.73 Å². The van der Waals surface area contributed by atoms with Crippen LogP contribution in [0.2, 0.25) is 5.02 Å². The van der Waals surface area contributed by atoms with E-state index in [0.29, 0.717) is 28.0 Å². The van der Waals surface area contributed by atoms with Gasteiger partial charge >= 0.3 is 0 Å². The highest BCUT2D eigenvalue weighted by Crippen LogP contribution is 2.29. The molecule has 0 bridgehead atoms. The van der Waals surface area contributed by atoms with Crippen LogP contribution in [0, 0.1) is 0 Å². The fourth-order valence-electron chi connectivity index (χ4n) is 1.70. The summed E-state index contributed by atoms with van der Waals surface area (Å²) in [6, 6.07) is 6.94. The Morgan fingerprint density at radius 3 is 2.85 bits per heavy atom. The SMILES string of the molecule is Nc1ccc(Cl)cc1-c1nc(-c2cncc(Br)c2)no1. The highest BCUT2D eigenvalue weighted by molar-refractivity contribution is 9.10. The van der Waals surface area contributed by atoms with Crippen LogP contribution in [0.1, 0.15) is 0 Å². The number of halogens is 2. The van der Waals surface area contributed by atoms with E-state index >= 15 is 0 Å². The van der Waals surface area contributed by atoms with Crippen LogP contribution >= 0.6 is 27.5 Å². The number of nitrogens with zero attached hydrogens (tertiary/aromatic N) is 3. The van der Waals surface area contributed by atoms with Crippen LogP contribution in [0.15, 0.2) is 45.7 Å². The van der Waals surface area contributed by atoms with Gasteiger partial charge in [0.15, 0.2) is 0 Å². The van der Waals surface area contributed by atoms with Gasteiger partial charge in [0.2, 0.25) is 5.82 Å². The van der Waals surface area contributed by atoms with Crippen LogP contribution in [0.5, 0.6) is 0 Å². The van der Waals surface area contributed by atoms with Gasteiger partial charge in [0.1, 0.15) is 0 Å². The summed E-state index contributed by atoms with van der Waals surface area (Å²) in [4.78, 5) is 8.38. The summed E-state index contributed by atoms with van der Waals surface area (Å²) < 4.78 is 6.07. The summed E-state index contributed by atoms with van der Waals surface area (Å²) in [6.45, 7) is 0. The molecule has 0 radical (unpaired) electrons. The topological polar surface area (TPSA) is 77.8 Å². The van der Waals surface area contributed by atoms with Gasteiger partial charge in [-0.25, -0.2) is 0 Å². The van der Waals surface area contributed by atoms with Gasteiger partial charge in [0.25, 0.3) is 5.89 Å². The molecule has 2 heterocycles. The van der Waals surface area contributed by atoms with Crippen LogP contribution in [0.4, 0.5) is 5.69 Å². The van der Waals surface area contributed by atoms with Crippen molar-refractivity contribution in [3.05, 3.63) is 46.2 Å². The van der Waals surface area contributed by atoms with Gasteiger partial charge in [0, 0.05) is 33.1 Å². The third kappa shape index (κ3) is 2.52. The zero-order valence-corrected chi connectivity index (χ0v) is 12.4. The van der Waals surface area contributed by atoms with Crippen molar-refractivity contribution in [3.8, 4) is 22.8 Å². The molecule has 0 spiro atoms. The highest BCUT2D eigenvalue weighted by Gasteiger charge is 2.14. The van der Waals surface area contributed by atoms with Crippen LogP contribution in [0.25, 0.3) is 22.8 Å². The van der Waals surface area contributed by atoms with E-state index in [1.807, 2.05) is 6.07 Å². The molecule has 20 heavy (non-hydrogen) atoms. The minimum absolute atomic E-state index is 0.319.